The number of amides is 1. The molecule has 3 rings (SSSR count). The van der Waals surface area contributed by atoms with E-state index in [-0.39, 0.29) is 18.5 Å². The molecule has 1 heterocycles. The molecule has 1 aromatic heterocycles. The topological polar surface area (TPSA) is 59.8 Å². The van der Waals surface area contributed by atoms with Crippen molar-refractivity contribution >= 4 is 5.91 Å². The van der Waals surface area contributed by atoms with Crippen molar-refractivity contribution in [1.82, 2.24) is 20.1 Å². The van der Waals surface area contributed by atoms with E-state index < -0.39 is 0 Å². The molecule has 0 radical (unpaired) electrons. The standard InChI is InChI=1S/C17H22N4O/c1-11-6-4-5-7-15(11)17-19-13(3)20-21(17)10-16(22)18-12(2)14-8-9-14/h4-7,12,14H,8-10H2,1-3H3,(H,18,22)/t12-/m0/s1. The van der Waals surface area contributed by atoms with Crippen LogP contribution in [0, 0.1) is 19.8 Å². The van der Waals surface area contributed by atoms with Crippen molar-refractivity contribution in [1.29, 1.82) is 0 Å². The first-order valence-electron chi connectivity index (χ1n) is 7.81. The zero-order valence-corrected chi connectivity index (χ0v) is 13.3. The van der Waals surface area contributed by atoms with Gasteiger partial charge in [0.2, 0.25) is 5.91 Å². The molecule has 1 aliphatic rings. The van der Waals surface area contributed by atoms with Gasteiger partial charge >= 0.3 is 0 Å². The van der Waals surface area contributed by atoms with E-state index in [1.807, 2.05) is 38.1 Å². The molecule has 0 saturated heterocycles. The van der Waals surface area contributed by atoms with Gasteiger partial charge in [-0.05, 0) is 45.1 Å². The fourth-order valence-electron chi connectivity index (χ4n) is 2.74. The Kier molecular flexibility index (Phi) is 3.96. The maximum atomic E-state index is 12.2. The van der Waals surface area contributed by atoms with Crippen molar-refractivity contribution in [3.05, 3.63) is 35.7 Å². The van der Waals surface area contributed by atoms with Crippen molar-refractivity contribution in [3.63, 3.8) is 0 Å². The van der Waals surface area contributed by atoms with E-state index in [4.69, 9.17) is 0 Å². The van der Waals surface area contributed by atoms with E-state index in [9.17, 15) is 4.79 Å². The Morgan fingerprint density at radius 1 is 1.36 bits per heavy atom. The third kappa shape index (κ3) is 3.18. The summed E-state index contributed by atoms with van der Waals surface area (Å²) in [7, 11) is 0. The Labute approximate surface area is 130 Å². The van der Waals surface area contributed by atoms with Gasteiger partial charge in [0.1, 0.15) is 12.4 Å². The summed E-state index contributed by atoms with van der Waals surface area (Å²) >= 11 is 0. The lowest BCUT2D eigenvalue weighted by molar-refractivity contribution is -0.122. The number of aryl methyl sites for hydroxylation is 2. The zero-order chi connectivity index (χ0) is 15.7. The average molecular weight is 298 g/mol. The summed E-state index contributed by atoms with van der Waals surface area (Å²) in [4.78, 5) is 16.7. The Balaban J connectivity index is 1.79. The van der Waals surface area contributed by atoms with Gasteiger partial charge < -0.3 is 5.32 Å². The largest absolute Gasteiger partial charge is 0.352 e. The lowest BCUT2D eigenvalue weighted by Crippen LogP contribution is -2.36. The van der Waals surface area contributed by atoms with Crippen molar-refractivity contribution in [2.45, 2.75) is 46.2 Å². The summed E-state index contributed by atoms with van der Waals surface area (Å²) in [6.07, 6.45) is 2.44. The second kappa shape index (κ2) is 5.91. The minimum absolute atomic E-state index is 0.000802. The fraction of sp³-hybridized carbons (Fsp3) is 0.471. The number of nitrogens with one attached hydrogen (secondary N) is 1. The van der Waals surface area contributed by atoms with Crippen LogP contribution in [0.1, 0.15) is 31.2 Å². The van der Waals surface area contributed by atoms with Gasteiger partial charge in [-0.2, -0.15) is 5.10 Å². The molecular formula is C17H22N4O. The van der Waals surface area contributed by atoms with Gasteiger partial charge in [0, 0.05) is 11.6 Å². The van der Waals surface area contributed by atoms with Crippen LogP contribution in [0.2, 0.25) is 0 Å². The van der Waals surface area contributed by atoms with Gasteiger partial charge in [0.25, 0.3) is 0 Å². The van der Waals surface area contributed by atoms with Crippen molar-refractivity contribution in [3.8, 4) is 11.4 Å². The number of hydrogen-bond acceptors (Lipinski definition) is 3. The van der Waals surface area contributed by atoms with Crippen molar-refractivity contribution < 1.29 is 4.79 Å². The Morgan fingerprint density at radius 3 is 2.77 bits per heavy atom. The molecule has 1 fully saturated rings. The van der Waals surface area contributed by atoms with Crippen LogP contribution in [-0.4, -0.2) is 26.7 Å². The minimum Gasteiger partial charge on any atom is -0.352 e. The number of aromatic nitrogens is 3. The van der Waals surface area contributed by atoms with E-state index in [0.717, 1.165) is 17.0 Å². The van der Waals surface area contributed by atoms with Crippen LogP contribution in [0.4, 0.5) is 0 Å². The summed E-state index contributed by atoms with van der Waals surface area (Å²) in [5.74, 6) is 2.09. The normalized spacial score (nSPS) is 15.6. The van der Waals surface area contributed by atoms with Crippen LogP contribution in [0.3, 0.4) is 0 Å². The van der Waals surface area contributed by atoms with Crippen LogP contribution in [0.5, 0.6) is 0 Å². The highest BCUT2D eigenvalue weighted by molar-refractivity contribution is 5.76. The Hall–Kier alpha value is -2.17. The molecular weight excluding hydrogens is 276 g/mol. The number of carbonyl (C=O) groups excluding carboxylic acids is 1. The quantitative estimate of drug-likeness (QED) is 0.922. The van der Waals surface area contributed by atoms with Gasteiger partial charge in [-0.15, -0.1) is 0 Å². The fourth-order valence-corrected chi connectivity index (χ4v) is 2.74. The van der Waals surface area contributed by atoms with E-state index in [0.29, 0.717) is 11.7 Å². The lowest BCUT2D eigenvalue weighted by Gasteiger charge is -2.13. The second-order valence-corrected chi connectivity index (χ2v) is 6.15. The smallest absolute Gasteiger partial charge is 0.242 e. The highest BCUT2D eigenvalue weighted by Crippen LogP contribution is 2.32. The van der Waals surface area contributed by atoms with Gasteiger partial charge in [-0.1, -0.05) is 24.3 Å². The third-order valence-corrected chi connectivity index (χ3v) is 4.17. The summed E-state index contributed by atoms with van der Waals surface area (Å²) in [5.41, 5.74) is 2.15. The number of carbonyl (C=O) groups is 1. The first-order valence-corrected chi connectivity index (χ1v) is 7.81. The molecule has 1 saturated carbocycles. The monoisotopic (exact) mass is 298 g/mol. The van der Waals surface area contributed by atoms with Crippen LogP contribution in [0.25, 0.3) is 11.4 Å². The molecule has 0 aliphatic heterocycles. The predicted molar refractivity (Wildman–Crippen MR) is 85.3 cm³/mol. The van der Waals surface area contributed by atoms with E-state index >= 15 is 0 Å². The molecule has 22 heavy (non-hydrogen) atoms. The summed E-state index contributed by atoms with van der Waals surface area (Å²) in [6.45, 7) is 6.17. The number of benzene rings is 1. The Bertz CT molecular complexity index is 688. The molecule has 1 aromatic carbocycles. The van der Waals surface area contributed by atoms with Crippen LogP contribution >= 0.6 is 0 Å². The molecule has 5 nitrogen and oxygen atoms in total. The molecule has 2 aromatic rings. The highest BCUT2D eigenvalue weighted by Gasteiger charge is 2.29. The second-order valence-electron chi connectivity index (χ2n) is 6.15. The van der Waals surface area contributed by atoms with Gasteiger partial charge in [-0.3, -0.25) is 4.79 Å². The van der Waals surface area contributed by atoms with Crippen molar-refractivity contribution in [2.24, 2.45) is 5.92 Å². The molecule has 1 amide bonds. The van der Waals surface area contributed by atoms with E-state index in [1.165, 1.54) is 12.8 Å². The minimum atomic E-state index is -0.000802. The number of nitrogens with zero attached hydrogens (tertiary/aromatic N) is 3. The summed E-state index contributed by atoms with van der Waals surface area (Å²) in [5, 5.41) is 7.45. The first-order chi connectivity index (χ1) is 10.5. The first kappa shape index (κ1) is 14.8. The third-order valence-electron chi connectivity index (χ3n) is 4.17. The van der Waals surface area contributed by atoms with E-state index in [1.54, 1.807) is 4.68 Å². The molecule has 1 N–H and O–H groups in total. The molecule has 0 bridgehead atoms. The van der Waals surface area contributed by atoms with Gasteiger partial charge in [0.05, 0.1) is 0 Å². The predicted octanol–water partition coefficient (Wildman–Crippen LogP) is 2.48. The summed E-state index contributed by atoms with van der Waals surface area (Å²) < 4.78 is 1.70. The van der Waals surface area contributed by atoms with Crippen LogP contribution in [-0.2, 0) is 11.3 Å². The lowest BCUT2D eigenvalue weighted by atomic mass is 10.1. The summed E-state index contributed by atoms with van der Waals surface area (Å²) in [6, 6.07) is 8.28. The van der Waals surface area contributed by atoms with Crippen LogP contribution < -0.4 is 5.32 Å². The zero-order valence-electron chi connectivity index (χ0n) is 13.3. The molecule has 116 valence electrons. The van der Waals surface area contributed by atoms with Crippen LogP contribution in [0.15, 0.2) is 24.3 Å². The van der Waals surface area contributed by atoms with Gasteiger partial charge in [-0.25, -0.2) is 9.67 Å². The Morgan fingerprint density at radius 2 is 2.09 bits per heavy atom. The molecule has 0 unspecified atom stereocenters. The van der Waals surface area contributed by atoms with Crippen molar-refractivity contribution in [2.75, 3.05) is 0 Å². The highest BCUT2D eigenvalue weighted by atomic mass is 16.2. The maximum Gasteiger partial charge on any atom is 0.242 e. The molecule has 0 spiro atoms. The molecule has 5 heteroatoms. The maximum absolute atomic E-state index is 12.2. The molecule has 1 aliphatic carbocycles. The average Bonchev–Trinajstić information content (AvgIpc) is 3.24. The van der Waals surface area contributed by atoms with E-state index in [2.05, 4.69) is 22.3 Å². The number of rotatable bonds is 5. The van der Waals surface area contributed by atoms with Gasteiger partial charge in [0.15, 0.2) is 5.82 Å². The molecule has 1 atom stereocenters. The number of hydrogen-bond donors (Lipinski definition) is 1. The SMILES string of the molecule is Cc1nc(-c2ccccc2C)n(CC(=O)N[C@@H](C)C2CC2)n1.